The second-order valence-corrected chi connectivity index (χ2v) is 9.60. The summed E-state index contributed by atoms with van der Waals surface area (Å²) in [5.41, 5.74) is 0.931. The van der Waals surface area contributed by atoms with E-state index in [0.29, 0.717) is 56.4 Å². The molecule has 0 radical (unpaired) electrons. The van der Waals surface area contributed by atoms with Crippen molar-refractivity contribution in [2.45, 2.75) is 37.1 Å². The Morgan fingerprint density at radius 1 is 1.13 bits per heavy atom. The van der Waals surface area contributed by atoms with Gasteiger partial charge in [-0.15, -0.1) is 0 Å². The maximum atomic E-state index is 13.3. The predicted molar refractivity (Wildman–Crippen MR) is 110 cm³/mol. The lowest BCUT2D eigenvalue weighted by Crippen LogP contribution is -2.41. The van der Waals surface area contributed by atoms with Crippen LogP contribution in [0.3, 0.4) is 0 Å². The zero-order valence-electron chi connectivity index (χ0n) is 17.3. The molecule has 10 heteroatoms. The fourth-order valence-corrected chi connectivity index (χ4v) is 5.64. The van der Waals surface area contributed by atoms with Crippen LogP contribution in [0, 0.1) is 12.7 Å². The van der Waals surface area contributed by atoms with Crippen LogP contribution in [0.5, 0.6) is 0 Å². The Morgan fingerprint density at radius 3 is 2.52 bits per heavy atom. The third-order valence-corrected chi connectivity index (χ3v) is 7.62. The van der Waals surface area contributed by atoms with Crippen LogP contribution in [0.4, 0.5) is 4.39 Å². The molecule has 0 N–H and O–H groups in total. The number of hydrogen-bond acceptors (Lipinski definition) is 6. The lowest BCUT2D eigenvalue weighted by Gasteiger charge is -2.34. The molecule has 0 aliphatic carbocycles. The highest BCUT2D eigenvalue weighted by atomic mass is 32.2. The molecule has 1 atom stereocenters. The highest BCUT2D eigenvalue weighted by Gasteiger charge is 2.36. The molecule has 31 heavy (non-hydrogen) atoms. The number of aryl methyl sites for hydroxylation is 1. The molecule has 2 aromatic rings. The zero-order chi connectivity index (χ0) is 22.0. The third kappa shape index (κ3) is 4.46. The van der Waals surface area contributed by atoms with Crippen LogP contribution in [0.15, 0.2) is 35.4 Å². The number of nitrogens with zero attached hydrogens (tertiary/aromatic N) is 4. The van der Waals surface area contributed by atoms with Crippen LogP contribution in [-0.4, -0.2) is 66.3 Å². The van der Waals surface area contributed by atoms with Gasteiger partial charge in [-0.2, -0.15) is 4.31 Å². The summed E-state index contributed by atoms with van der Waals surface area (Å²) in [7, 11) is -3.83. The average Bonchev–Trinajstić information content (AvgIpc) is 2.79. The number of carbonyl (C=O) groups is 1. The van der Waals surface area contributed by atoms with Crippen molar-refractivity contribution < 1.29 is 22.3 Å². The molecule has 2 aliphatic rings. The minimum absolute atomic E-state index is 0.0386. The van der Waals surface area contributed by atoms with Gasteiger partial charge in [0.15, 0.2) is 0 Å². The molecule has 2 saturated heterocycles. The number of sulfonamides is 1. The molecular formula is C21H25FN4O4S. The first kappa shape index (κ1) is 21.8. The fourth-order valence-electron chi connectivity index (χ4n) is 3.99. The molecular weight excluding hydrogens is 423 g/mol. The van der Waals surface area contributed by atoms with Gasteiger partial charge in [-0.05, 0) is 44.0 Å². The molecule has 2 aliphatic heterocycles. The van der Waals surface area contributed by atoms with Crippen molar-refractivity contribution in [3.05, 3.63) is 53.4 Å². The molecule has 8 nitrogen and oxygen atoms in total. The van der Waals surface area contributed by atoms with Crippen molar-refractivity contribution in [2.24, 2.45) is 0 Å². The second-order valence-electron chi connectivity index (χ2n) is 7.71. The van der Waals surface area contributed by atoms with Gasteiger partial charge in [0, 0.05) is 25.8 Å². The maximum absolute atomic E-state index is 13.3. The van der Waals surface area contributed by atoms with Crippen molar-refractivity contribution in [1.29, 1.82) is 0 Å². The number of rotatable bonds is 4. The van der Waals surface area contributed by atoms with Crippen molar-refractivity contribution >= 4 is 15.9 Å². The van der Waals surface area contributed by atoms with Crippen molar-refractivity contribution in [2.75, 3.05) is 32.8 Å². The van der Waals surface area contributed by atoms with Crippen LogP contribution in [0.25, 0.3) is 0 Å². The summed E-state index contributed by atoms with van der Waals surface area (Å²) in [5.74, 6) is -0.262. The van der Waals surface area contributed by atoms with Crippen LogP contribution in [0.2, 0.25) is 0 Å². The predicted octanol–water partition coefficient (Wildman–Crippen LogP) is 2.31. The molecule has 2 fully saturated rings. The number of ether oxygens (including phenoxy) is 1. The number of halogens is 1. The van der Waals surface area contributed by atoms with E-state index in [1.807, 2.05) is 0 Å². The Morgan fingerprint density at radius 2 is 1.84 bits per heavy atom. The summed E-state index contributed by atoms with van der Waals surface area (Å²) in [6.45, 7) is 4.12. The summed E-state index contributed by atoms with van der Waals surface area (Å²) in [6.07, 6.45) is 3.64. The van der Waals surface area contributed by atoms with Crippen LogP contribution >= 0.6 is 0 Å². The van der Waals surface area contributed by atoms with E-state index in [-0.39, 0.29) is 10.8 Å². The topological polar surface area (TPSA) is 92.7 Å². The number of carbonyl (C=O) groups excluding carboxylic acids is 1. The molecule has 166 valence electrons. The van der Waals surface area contributed by atoms with Gasteiger partial charge in [0.1, 0.15) is 11.6 Å². The minimum Gasteiger partial charge on any atom is -0.378 e. The van der Waals surface area contributed by atoms with E-state index >= 15 is 0 Å². The number of amides is 1. The quantitative estimate of drug-likeness (QED) is 0.713. The highest BCUT2D eigenvalue weighted by molar-refractivity contribution is 7.89. The minimum atomic E-state index is -3.83. The molecule has 1 aromatic carbocycles. The Hall–Kier alpha value is -2.43. The Labute approximate surface area is 181 Å². The summed E-state index contributed by atoms with van der Waals surface area (Å²) in [6, 6.07) is 4.28. The molecule has 0 spiro atoms. The van der Waals surface area contributed by atoms with E-state index in [0.717, 1.165) is 25.0 Å². The molecule has 3 heterocycles. The summed E-state index contributed by atoms with van der Waals surface area (Å²) < 4.78 is 46.4. The lowest BCUT2D eigenvalue weighted by molar-refractivity contribution is 0.0301. The van der Waals surface area contributed by atoms with Crippen molar-refractivity contribution in [3.8, 4) is 0 Å². The van der Waals surface area contributed by atoms with E-state index in [2.05, 4.69) is 9.97 Å². The lowest BCUT2D eigenvalue weighted by atomic mass is 10.0. The molecule has 4 rings (SSSR count). The third-order valence-electron chi connectivity index (χ3n) is 5.70. The average molecular weight is 449 g/mol. The van der Waals surface area contributed by atoms with Gasteiger partial charge < -0.3 is 9.64 Å². The number of morpholine rings is 1. The summed E-state index contributed by atoms with van der Waals surface area (Å²) in [5, 5.41) is 0. The molecule has 1 amide bonds. The first-order chi connectivity index (χ1) is 14.9. The number of benzene rings is 1. The van der Waals surface area contributed by atoms with Gasteiger partial charge in [-0.25, -0.2) is 22.8 Å². The van der Waals surface area contributed by atoms with Gasteiger partial charge in [0.05, 0.1) is 35.4 Å². The zero-order valence-corrected chi connectivity index (χ0v) is 18.1. The molecule has 1 aromatic heterocycles. The van der Waals surface area contributed by atoms with Crippen LogP contribution in [-0.2, 0) is 14.8 Å². The maximum Gasteiger partial charge on any atom is 0.257 e. The summed E-state index contributed by atoms with van der Waals surface area (Å²) >= 11 is 0. The number of hydrogen-bond donors (Lipinski definition) is 0. The SMILES string of the molecule is Cc1nc(C2CCCCN2S(=O)(=O)c2ccc(F)cc2)ncc1C(=O)N1CCOCC1. The Bertz CT molecular complexity index is 1060. The van der Waals surface area contributed by atoms with Crippen LogP contribution < -0.4 is 0 Å². The molecule has 1 unspecified atom stereocenters. The molecule has 0 bridgehead atoms. The standard InChI is InChI=1S/C21H25FN4O4S/c1-15-18(21(27)25-10-12-30-13-11-25)14-23-20(24-15)19-4-2-3-9-26(19)31(28,29)17-7-5-16(22)6-8-17/h5-8,14,19H,2-4,9-13H2,1H3. The summed E-state index contributed by atoms with van der Waals surface area (Å²) in [4.78, 5) is 23.5. The second kappa shape index (κ2) is 8.97. The normalized spacial score (nSPS) is 20.6. The first-order valence-corrected chi connectivity index (χ1v) is 11.8. The van der Waals surface area contributed by atoms with Crippen LogP contribution in [0.1, 0.15) is 47.2 Å². The van der Waals surface area contributed by atoms with Gasteiger partial charge in [0.25, 0.3) is 5.91 Å². The Balaban J connectivity index is 1.61. The van der Waals surface area contributed by atoms with E-state index < -0.39 is 21.9 Å². The van der Waals surface area contributed by atoms with E-state index in [4.69, 9.17) is 4.74 Å². The van der Waals surface area contributed by atoms with E-state index in [1.54, 1.807) is 11.8 Å². The monoisotopic (exact) mass is 448 g/mol. The Kier molecular flexibility index (Phi) is 6.31. The van der Waals surface area contributed by atoms with Gasteiger partial charge >= 0.3 is 0 Å². The first-order valence-electron chi connectivity index (χ1n) is 10.4. The largest absolute Gasteiger partial charge is 0.378 e. The van der Waals surface area contributed by atoms with Crippen molar-refractivity contribution in [1.82, 2.24) is 19.2 Å². The number of aromatic nitrogens is 2. The molecule has 0 saturated carbocycles. The fraction of sp³-hybridized carbons (Fsp3) is 0.476. The van der Waals surface area contributed by atoms with E-state index in [1.165, 1.54) is 22.6 Å². The number of piperidine rings is 1. The smallest absolute Gasteiger partial charge is 0.257 e. The highest BCUT2D eigenvalue weighted by Crippen LogP contribution is 2.34. The van der Waals surface area contributed by atoms with Gasteiger partial charge in [-0.3, -0.25) is 4.79 Å². The van der Waals surface area contributed by atoms with Gasteiger partial charge in [0.2, 0.25) is 10.0 Å². The van der Waals surface area contributed by atoms with Crippen molar-refractivity contribution in [3.63, 3.8) is 0 Å². The van der Waals surface area contributed by atoms with E-state index in [9.17, 15) is 17.6 Å². The van der Waals surface area contributed by atoms with Gasteiger partial charge in [-0.1, -0.05) is 6.42 Å².